The van der Waals surface area contributed by atoms with Gasteiger partial charge >= 0.3 is 6.61 Å². The molecule has 1 saturated heterocycles. The van der Waals surface area contributed by atoms with Gasteiger partial charge in [-0.1, -0.05) is 25.1 Å². The Morgan fingerprint density at radius 1 is 1.32 bits per heavy atom. The predicted molar refractivity (Wildman–Crippen MR) is 82.4 cm³/mol. The standard InChI is InChI=1S/C15H20F2N2O2.ClH/c1-9(11-7-18-8-11)14(20)19-10(2)12-5-3-4-6-13(12)21-15(16)17;/h3-6,9-11,15,18H,7-8H2,1-2H3,(H,19,20);1H. The number of amides is 1. The fourth-order valence-electron chi connectivity index (χ4n) is 2.34. The van der Waals surface area contributed by atoms with Crippen LogP contribution in [0.3, 0.4) is 0 Å². The highest BCUT2D eigenvalue weighted by atomic mass is 35.5. The van der Waals surface area contributed by atoms with Crippen LogP contribution in [0.2, 0.25) is 0 Å². The van der Waals surface area contributed by atoms with E-state index in [1.165, 1.54) is 6.07 Å². The van der Waals surface area contributed by atoms with Gasteiger partial charge in [-0.15, -0.1) is 12.4 Å². The third-order valence-electron chi connectivity index (χ3n) is 3.89. The Morgan fingerprint density at radius 2 is 1.95 bits per heavy atom. The van der Waals surface area contributed by atoms with Crippen LogP contribution in [-0.4, -0.2) is 25.6 Å². The summed E-state index contributed by atoms with van der Waals surface area (Å²) in [6, 6.07) is 6.12. The molecule has 1 aromatic carbocycles. The van der Waals surface area contributed by atoms with E-state index in [0.29, 0.717) is 11.5 Å². The van der Waals surface area contributed by atoms with E-state index in [9.17, 15) is 13.6 Å². The minimum Gasteiger partial charge on any atom is -0.434 e. The Hall–Kier alpha value is -1.40. The molecule has 22 heavy (non-hydrogen) atoms. The van der Waals surface area contributed by atoms with Gasteiger partial charge in [0.05, 0.1) is 6.04 Å². The number of benzene rings is 1. The Bertz CT molecular complexity index is 498. The van der Waals surface area contributed by atoms with Gasteiger partial charge in [-0.25, -0.2) is 0 Å². The monoisotopic (exact) mass is 334 g/mol. The lowest BCUT2D eigenvalue weighted by Gasteiger charge is -2.32. The molecule has 4 nitrogen and oxygen atoms in total. The van der Waals surface area contributed by atoms with Gasteiger partial charge in [0.2, 0.25) is 5.91 Å². The Kier molecular flexibility index (Phi) is 7.03. The number of nitrogens with one attached hydrogen (secondary N) is 2. The van der Waals surface area contributed by atoms with Crippen molar-refractivity contribution in [2.24, 2.45) is 11.8 Å². The van der Waals surface area contributed by atoms with Crippen molar-refractivity contribution in [3.8, 4) is 5.75 Å². The second-order valence-electron chi connectivity index (χ2n) is 5.35. The first-order chi connectivity index (χ1) is 9.99. The van der Waals surface area contributed by atoms with Crippen LogP contribution in [0.15, 0.2) is 24.3 Å². The van der Waals surface area contributed by atoms with Crippen molar-refractivity contribution in [1.29, 1.82) is 0 Å². The summed E-state index contributed by atoms with van der Waals surface area (Å²) in [7, 11) is 0. The molecule has 0 radical (unpaired) electrons. The maximum Gasteiger partial charge on any atom is 0.387 e. The van der Waals surface area contributed by atoms with Gasteiger partial charge in [0.15, 0.2) is 0 Å². The maximum atomic E-state index is 12.4. The van der Waals surface area contributed by atoms with Crippen molar-refractivity contribution in [3.05, 3.63) is 29.8 Å². The first-order valence-electron chi connectivity index (χ1n) is 7.04. The highest BCUT2D eigenvalue weighted by molar-refractivity contribution is 5.85. The van der Waals surface area contributed by atoms with Crippen molar-refractivity contribution in [2.45, 2.75) is 26.5 Å². The Balaban J connectivity index is 0.00000242. The summed E-state index contributed by atoms with van der Waals surface area (Å²) in [5, 5.41) is 6.00. The number of hydrogen-bond donors (Lipinski definition) is 2. The zero-order valence-corrected chi connectivity index (χ0v) is 13.3. The summed E-state index contributed by atoms with van der Waals surface area (Å²) < 4.78 is 29.3. The number of para-hydroxylation sites is 1. The molecule has 0 saturated carbocycles. The van der Waals surface area contributed by atoms with Crippen molar-refractivity contribution < 1.29 is 18.3 Å². The highest BCUT2D eigenvalue weighted by Crippen LogP contribution is 2.27. The molecule has 2 rings (SSSR count). The minimum atomic E-state index is -2.88. The molecule has 2 N–H and O–H groups in total. The molecule has 0 spiro atoms. The fraction of sp³-hybridized carbons (Fsp3) is 0.533. The average molecular weight is 335 g/mol. The Morgan fingerprint density at radius 3 is 2.50 bits per heavy atom. The number of alkyl halides is 2. The van der Waals surface area contributed by atoms with Crippen LogP contribution in [0.25, 0.3) is 0 Å². The predicted octanol–water partition coefficient (Wildman–Crippen LogP) is 2.74. The molecule has 0 aliphatic carbocycles. The van der Waals surface area contributed by atoms with Gasteiger partial charge in [-0.05, 0) is 32.0 Å². The van der Waals surface area contributed by atoms with Crippen molar-refractivity contribution in [1.82, 2.24) is 10.6 Å². The van der Waals surface area contributed by atoms with Gasteiger partial charge in [-0.3, -0.25) is 4.79 Å². The molecular formula is C15H21ClF2N2O2. The SMILES string of the molecule is CC(NC(=O)C(C)C1CNC1)c1ccccc1OC(F)F.Cl. The molecule has 1 heterocycles. The zero-order valence-electron chi connectivity index (χ0n) is 12.5. The lowest BCUT2D eigenvalue weighted by Crippen LogP contribution is -2.49. The van der Waals surface area contributed by atoms with Crippen molar-refractivity contribution in [2.75, 3.05) is 13.1 Å². The van der Waals surface area contributed by atoms with Gasteiger partial charge in [0, 0.05) is 11.5 Å². The first kappa shape index (κ1) is 18.6. The average Bonchev–Trinajstić information content (AvgIpc) is 2.36. The van der Waals surface area contributed by atoms with Crippen LogP contribution in [0, 0.1) is 11.8 Å². The summed E-state index contributed by atoms with van der Waals surface area (Å²) in [4.78, 5) is 12.2. The smallest absolute Gasteiger partial charge is 0.387 e. The molecule has 1 amide bonds. The molecule has 0 bridgehead atoms. The quantitative estimate of drug-likeness (QED) is 0.841. The number of carbonyl (C=O) groups is 1. The fourth-order valence-corrected chi connectivity index (χ4v) is 2.34. The third-order valence-corrected chi connectivity index (χ3v) is 3.89. The van der Waals surface area contributed by atoms with Crippen LogP contribution in [0.4, 0.5) is 8.78 Å². The molecule has 124 valence electrons. The summed E-state index contributed by atoms with van der Waals surface area (Å²) in [6.45, 7) is 2.45. The van der Waals surface area contributed by atoms with Crippen LogP contribution in [-0.2, 0) is 4.79 Å². The van der Waals surface area contributed by atoms with Crippen LogP contribution in [0.1, 0.15) is 25.5 Å². The van der Waals surface area contributed by atoms with E-state index in [-0.39, 0.29) is 36.0 Å². The van der Waals surface area contributed by atoms with E-state index in [1.54, 1.807) is 25.1 Å². The molecular weight excluding hydrogens is 314 g/mol. The topological polar surface area (TPSA) is 50.4 Å². The summed E-state index contributed by atoms with van der Waals surface area (Å²) in [5.41, 5.74) is 0.546. The number of rotatable bonds is 6. The molecule has 1 fully saturated rings. The van der Waals surface area contributed by atoms with Crippen molar-refractivity contribution >= 4 is 18.3 Å². The van der Waals surface area contributed by atoms with Crippen molar-refractivity contribution in [3.63, 3.8) is 0 Å². The maximum absolute atomic E-state index is 12.4. The summed E-state index contributed by atoms with van der Waals surface area (Å²) in [6.07, 6.45) is 0. The molecule has 1 aromatic rings. The summed E-state index contributed by atoms with van der Waals surface area (Å²) >= 11 is 0. The molecule has 0 aromatic heterocycles. The molecule has 2 atom stereocenters. The van der Waals surface area contributed by atoms with Crippen LogP contribution in [0.5, 0.6) is 5.75 Å². The van der Waals surface area contributed by atoms with E-state index in [1.807, 2.05) is 6.92 Å². The lowest BCUT2D eigenvalue weighted by atomic mass is 9.88. The molecule has 1 aliphatic heterocycles. The van der Waals surface area contributed by atoms with E-state index < -0.39 is 6.61 Å². The van der Waals surface area contributed by atoms with Gasteiger partial charge in [0.25, 0.3) is 0 Å². The third kappa shape index (κ3) is 4.55. The number of hydrogen-bond acceptors (Lipinski definition) is 3. The summed E-state index contributed by atoms with van der Waals surface area (Å²) in [5.74, 6) is 0.265. The van der Waals surface area contributed by atoms with Gasteiger partial charge in [0.1, 0.15) is 5.75 Å². The van der Waals surface area contributed by atoms with Gasteiger partial charge < -0.3 is 15.4 Å². The lowest BCUT2D eigenvalue weighted by molar-refractivity contribution is -0.127. The highest BCUT2D eigenvalue weighted by Gasteiger charge is 2.29. The molecule has 2 unspecified atom stereocenters. The van der Waals surface area contributed by atoms with Gasteiger partial charge in [-0.2, -0.15) is 8.78 Å². The number of carbonyl (C=O) groups excluding carboxylic acids is 1. The molecule has 7 heteroatoms. The van der Waals surface area contributed by atoms with E-state index in [2.05, 4.69) is 15.4 Å². The zero-order chi connectivity index (χ0) is 15.4. The normalized spacial score (nSPS) is 17.1. The largest absolute Gasteiger partial charge is 0.434 e. The molecule has 1 aliphatic rings. The second-order valence-corrected chi connectivity index (χ2v) is 5.35. The number of ether oxygens (including phenoxy) is 1. The van der Waals surface area contributed by atoms with Crippen LogP contribution >= 0.6 is 12.4 Å². The number of halogens is 3. The van der Waals surface area contributed by atoms with E-state index in [4.69, 9.17) is 0 Å². The van der Waals surface area contributed by atoms with Crippen LogP contribution < -0.4 is 15.4 Å². The minimum absolute atomic E-state index is 0. The van der Waals surface area contributed by atoms with E-state index in [0.717, 1.165) is 13.1 Å². The first-order valence-corrected chi connectivity index (χ1v) is 7.04. The Labute approximate surface area is 135 Å². The second kappa shape index (κ2) is 8.29. The van der Waals surface area contributed by atoms with E-state index >= 15 is 0 Å².